The first-order valence-corrected chi connectivity index (χ1v) is 9.97. The summed E-state index contributed by atoms with van der Waals surface area (Å²) in [6.07, 6.45) is -9.99. The van der Waals surface area contributed by atoms with Crippen molar-refractivity contribution in [1.82, 2.24) is 14.8 Å². The van der Waals surface area contributed by atoms with Crippen LogP contribution in [-0.2, 0) is 24.2 Å². The zero-order valence-corrected chi connectivity index (χ0v) is 16.6. The average molecular weight is 466 g/mol. The van der Waals surface area contributed by atoms with Crippen LogP contribution in [0.1, 0.15) is 11.1 Å². The molecule has 0 atom stereocenters. The van der Waals surface area contributed by atoms with E-state index < -0.39 is 35.1 Å². The van der Waals surface area contributed by atoms with Crippen molar-refractivity contribution in [2.75, 3.05) is 11.1 Å². The number of anilines is 1. The van der Waals surface area contributed by atoms with E-state index in [9.17, 15) is 31.1 Å². The molecule has 2 aromatic heterocycles. The maximum absolute atomic E-state index is 12.9. The summed E-state index contributed by atoms with van der Waals surface area (Å²) < 4.78 is 79.1. The van der Waals surface area contributed by atoms with Crippen molar-refractivity contribution in [3.05, 3.63) is 46.8 Å². The van der Waals surface area contributed by atoms with Crippen LogP contribution in [-0.4, -0.2) is 26.4 Å². The lowest BCUT2D eigenvalue weighted by Gasteiger charge is -2.14. The molecule has 0 radical (unpaired) electrons. The van der Waals surface area contributed by atoms with Gasteiger partial charge in [-0.15, -0.1) is 21.5 Å². The summed E-state index contributed by atoms with van der Waals surface area (Å²) in [5, 5.41) is 12.3. The summed E-state index contributed by atoms with van der Waals surface area (Å²) in [6.45, 7) is 0. The van der Waals surface area contributed by atoms with E-state index >= 15 is 0 Å². The molecule has 160 valence electrons. The molecule has 0 bridgehead atoms. The number of hydrogen-bond acceptors (Lipinski definition) is 5. The van der Waals surface area contributed by atoms with E-state index in [1.54, 1.807) is 11.6 Å². The van der Waals surface area contributed by atoms with Gasteiger partial charge in [-0.1, -0.05) is 17.8 Å². The Bertz CT molecular complexity index is 1010. The first-order valence-electron chi connectivity index (χ1n) is 8.10. The maximum Gasteiger partial charge on any atom is 0.416 e. The molecule has 13 heteroatoms. The van der Waals surface area contributed by atoms with Crippen LogP contribution >= 0.6 is 23.1 Å². The van der Waals surface area contributed by atoms with E-state index in [-0.39, 0.29) is 11.8 Å². The molecule has 3 rings (SSSR count). The highest BCUT2D eigenvalue weighted by Crippen LogP contribution is 2.37. The smallest absolute Gasteiger partial charge is 0.325 e. The number of carbonyl (C=O) groups excluding carboxylic acids is 1. The van der Waals surface area contributed by atoms with E-state index in [1.165, 1.54) is 11.3 Å². The topological polar surface area (TPSA) is 59.8 Å². The van der Waals surface area contributed by atoms with Crippen LogP contribution in [0.5, 0.6) is 0 Å². The van der Waals surface area contributed by atoms with Gasteiger partial charge in [0.15, 0.2) is 11.0 Å². The lowest BCUT2D eigenvalue weighted by molar-refractivity contribution is -0.143. The number of nitrogens with one attached hydrogen (secondary N) is 1. The van der Waals surface area contributed by atoms with Gasteiger partial charge in [0.25, 0.3) is 0 Å². The van der Waals surface area contributed by atoms with E-state index in [0.717, 1.165) is 16.6 Å². The van der Waals surface area contributed by atoms with Gasteiger partial charge in [-0.25, -0.2) is 0 Å². The molecule has 0 saturated carbocycles. The Labute approximate surface area is 174 Å². The number of rotatable bonds is 5. The fourth-order valence-electron chi connectivity index (χ4n) is 2.42. The number of thioether (sulfide) groups is 1. The molecule has 0 aliphatic rings. The minimum Gasteiger partial charge on any atom is -0.325 e. The Balaban J connectivity index is 1.72. The Kier molecular flexibility index (Phi) is 6.13. The van der Waals surface area contributed by atoms with Crippen LogP contribution in [0, 0.1) is 0 Å². The van der Waals surface area contributed by atoms with Crippen LogP contribution in [0.3, 0.4) is 0 Å². The molecular weight excluding hydrogens is 454 g/mol. The number of thiophene rings is 1. The predicted octanol–water partition coefficient (Wildman–Crippen LogP) is 5.31. The molecule has 0 saturated heterocycles. The molecule has 1 aromatic carbocycles. The number of nitrogens with zero attached hydrogens (tertiary/aromatic N) is 3. The SMILES string of the molecule is Cn1c(SCC(=O)Nc2cc(C(F)(F)F)cc(C(F)(F)F)c2)nnc1-c1cccs1. The predicted molar refractivity (Wildman–Crippen MR) is 100 cm³/mol. The molecule has 0 fully saturated rings. The lowest BCUT2D eigenvalue weighted by Crippen LogP contribution is -2.17. The molecule has 0 aliphatic heterocycles. The minimum absolute atomic E-state index is 0.00390. The van der Waals surface area contributed by atoms with Crippen molar-refractivity contribution in [1.29, 1.82) is 0 Å². The second-order valence-electron chi connectivity index (χ2n) is 5.97. The van der Waals surface area contributed by atoms with Gasteiger partial charge >= 0.3 is 12.4 Å². The standard InChI is InChI=1S/C17H12F6N4OS2/c1-27-14(12-3-2-4-29-12)25-26-15(27)30-8-13(28)24-11-6-9(16(18,19)20)5-10(7-11)17(21,22)23/h2-7H,8H2,1H3,(H,24,28). The van der Waals surface area contributed by atoms with Crippen molar-refractivity contribution >= 4 is 34.7 Å². The van der Waals surface area contributed by atoms with Crippen molar-refractivity contribution in [2.45, 2.75) is 17.5 Å². The Morgan fingerprint density at radius 2 is 1.73 bits per heavy atom. The first-order chi connectivity index (χ1) is 13.9. The number of alkyl halides is 6. The largest absolute Gasteiger partial charge is 0.416 e. The minimum atomic E-state index is -4.99. The monoisotopic (exact) mass is 466 g/mol. The van der Waals surface area contributed by atoms with Gasteiger partial charge in [-0.3, -0.25) is 4.79 Å². The summed E-state index contributed by atoms with van der Waals surface area (Å²) in [6, 6.07) is 4.57. The van der Waals surface area contributed by atoms with Gasteiger partial charge in [0.05, 0.1) is 21.8 Å². The van der Waals surface area contributed by atoms with Crippen molar-refractivity contribution in [3.63, 3.8) is 0 Å². The number of halogens is 6. The summed E-state index contributed by atoms with van der Waals surface area (Å²) >= 11 is 2.39. The summed E-state index contributed by atoms with van der Waals surface area (Å²) in [5.41, 5.74) is -3.61. The normalized spacial score (nSPS) is 12.2. The zero-order chi connectivity index (χ0) is 22.1. The highest BCUT2D eigenvalue weighted by Gasteiger charge is 2.37. The molecule has 1 N–H and O–H groups in total. The van der Waals surface area contributed by atoms with Crippen LogP contribution < -0.4 is 5.32 Å². The number of carbonyl (C=O) groups is 1. The van der Waals surface area contributed by atoms with Gasteiger partial charge in [0.2, 0.25) is 5.91 Å². The quantitative estimate of drug-likeness (QED) is 0.409. The molecule has 0 aliphatic carbocycles. The summed E-state index contributed by atoms with van der Waals surface area (Å²) in [5.74, 6) is -0.498. The second-order valence-corrected chi connectivity index (χ2v) is 7.86. The molecule has 0 spiro atoms. The number of hydrogen-bond donors (Lipinski definition) is 1. The Morgan fingerprint density at radius 3 is 2.27 bits per heavy atom. The Morgan fingerprint density at radius 1 is 1.10 bits per heavy atom. The summed E-state index contributed by atoms with van der Waals surface area (Å²) in [7, 11) is 1.68. The molecule has 0 unspecified atom stereocenters. The van der Waals surface area contributed by atoms with Crippen LogP contribution in [0.4, 0.5) is 32.0 Å². The van der Waals surface area contributed by atoms with Gasteiger partial charge < -0.3 is 9.88 Å². The molecule has 3 aromatic rings. The first kappa shape index (κ1) is 22.2. The molecular formula is C17H12F6N4OS2. The third-order valence-electron chi connectivity index (χ3n) is 3.78. The van der Waals surface area contributed by atoms with Crippen molar-refractivity contribution in [2.24, 2.45) is 7.05 Å². The van der Waals surface area contributed by atoms with Gasteiger partial charge in [-0.2, -0.15) is 26.3 Å². The fourth-order valence-corrected chi connectivity index (χ4v) is 3.87. The summed E-state index contributed by atoms with van der Waals surface area (Å²) in [4.78, 5) is 13.0. The van der Waals surface area contributed by atoms with E-state index in [2.05, 4.69) is 15.5 Å². The van der Waals surface area contributed by atoms with E-state index in [4.69, 9.17) is 0 Å². The maximum atomic E-state index is 12.9. The van der Waals surface area contributed by atoms with Crippen LogP contribution in [0.2, 0.25) is 0 Å². The van der Waals surface area contributed by atoms with Crippen molar-refractivity contribution < 1.29 is 31.1 Å². The third kappa shape index (κ3) is 5.14. The molecule has 30 heavy (non-hydrogen) atoms. The average Bonchev–Trinajstić information content (AvgIpc) is 3.28. The lowest BCUT2D eigenvalue weighted by atomic mass is 10.1. The Hall–Kier alpha value is -2.54. The van der Waals surface area contributed by atoms with Gasteiger partial charge in [0, 0.05) is 12.7 Å². The highest BCUT2D eigenvalue weighted by atomic mass is 32.2. The van der Waals surface area contributed by atoms with Crippen molar-refractivity contribution in [3.8, 4) is 10.7 Å². The number of benzene rings is 1. The fraction of sp³-hybridized carbons (Fsp3) is 0.235. The highest BCUT2D eigenvalue weighted by molar-refractivity contribution is 7.99. The molecule has 2 heterocycles. The van der Waals surface area contributed by atoms with E-state index in [0.29, 0.717) is 23.1 Å². The number of amides is 1. The van der Waals surface area contributed by atoms with Gasteiger partial charge in [-0.05, 0) is 29.6 Å². The zero-order valence-electron chi connectivity index (χ0n) is 15.0. The van der Waals surface area contributed by atoms with Crippen LogP contribution in [0.15, 0.2) is 40.9 Å². The van der Waals surface area contributed by atoms with E-state index in [1.807, 2.05) is 17.5 Å². The third-order valence-corrected chi connectivity index (χ3v) is 5.67. The molecule has 1 amide bonds. The second kappa shape index (κ2) is 8.30. The van der Waals surface area contributed by atoms with Crippen LogP contribution in [0.25, 0.3) is 10.7 Å². The number of aromatic nitrogens is 3. The van der Waals surface area contributed by atoms with Gasteiger partial charge in [0.1, 0.15) is 0 Å². The molecule has 5 nitrogen and oxygen atoms in total.